The molecule has 1 aromatic rings. The van der Waals surface area contributed by atoms with E-state index in [0.717, 1.165) is 18.1 Å². The minimum absolute atomic E-state index is 0.702. The molecule has 1 heterocycles. The van der Waals surface area contributed by atoms with E-state index in [2.05, 4.69) is 37.4 Å². The molecular formula is C15H20ClN. The van der Waals surface area contributed by atoms with Crippen LogP contribution in [0, 0.1) is 19.8 Å². The Morgan fingerprint density at radius 2 is 1.94 bits per heavy atom. The van der Waals surface area contributed by atoms with Gasteiger partial charge in [0.15, 0.2) is 0 Å². The molecule has 0 radical (unpaired) electrons. The topological polar surface area (TPSA) is 12.0 Å². The molecule has 0 aromatic heterocycles. The number of rotatable bonds is 2. The first-order valence-electron chi connectivity index (χ1n) is 6.32. The number of aryl methyl sites for hydroxylation is 2. The van der Waals surface area contributed by atoms with E-state index in [4.69, 9.17) is 11.6 Å². The van der Waals surface area contributed by atoms with Crippen molar-refractivity contribution in [2.45, 2.75) is 26.7 Å². The van der Waals surface area contributed by atoms with Crippen LogP contribution in [0.3, 0.4) is 0 Å². The van der Waals surface area contributed by atoms with Crippen LogP contribution in [0.5, 0.6) is 0 Å². The maximum atomic E-state index is 6.29. The maximum Gasteiger partial charge on any atom is 0.0483 e. The van der Waals surface area contributed by atoms with Gasteiger partial charge >= 0.3 is 0 Å². The third-order valence-corrected chi connectivity index (χ3v) is 3.71. The number of piperidine rings is 1. The second kappa shape index (κ2) is 5.70. The molecule has 1 nitrogen and oxygen atoms in total. The van der Waals surface area contributed by atoms with Crippen LogP contribution in [0.25, 0.3) is 6.08 Å². The number of nitrogens with one attached hydrogen (secondary N) is 1. The molecule has 1 aliphatic heterocycles. The summed E-state index contributed by atoms with van der Waals surface area (Å²) in [7, 11) is 0. The van der Waals surface area contributed by atoms with Crippen molar-refractivity contribution < 1.29 is 0 Å². The van der Waals surface area contributed by atoms with Gasteiger partial charge in [-0.25, -0.2) is 0 Å². The molecule has 0 amide bonds. The standard InChI is InChI=1S/C15H20ClN/c1-11-9-12(2)14(15(16)10-11)4-3-13-5-7-17-8-6-13/h3-4,9-10,13,17H,5-8H2,1-2H3/b4-3+. The monoisotopic (exact) mass is 249 g/mol. The highest BCUT2D eigenvalue weighted by molar-refractivity contribution is 6.32. The number of hydrogen-bond acceptors (Lipinski definition) is 1. The summed E-state index contributed by atoms with van der Waals surface area (Å²) in [6.07, 6.45) is 7.00. The van der Waals surface area contributed by atoms with Crippen molar-refractivity contribution in [1.29, 1.82) is 0 Å². The van der Waals surface area contributed by atoms with E-state index in [1.54, 1.807) is 0 Å². The first-order chi connectivity index (χ1) is 8.16. The van der Waals surface area contributed by atoms with Gasteiger partial charge in [0.2, 0.25) is 0 Å². The molecule has 0 aliphatic carbocycles. The Balaban J connectivity index is 2.14. The first-order valence-corrected chi connectivity index (χ1v) is 6.70. The van der Waals surface area contributed by atoms with Gasteiger partial charge in [-0.05, 0) is 68.5 Å². The Labute approximate surface area is 109 Å². The Hall–Kier alpha value is -0.790. The zero-order valence-electron chi connectivity index (χ0n) is 10.6. The average molecular weight is 250 g/mol. The number of halogens is 1. The summed E-state index contributed by atoms with van der Waals surface area (Å²) in [6.45, 7) is 6.48. The van der Waals surface area contributed by atoms with Crippen molar-refractivity contribution in [3.8, 4) is 0 Å². The molecule has 1 aromatic carbocycles. The normalized spacial score (nSPS) is 17.8. The van der Waals surface area contributed by atoms with E-state index >= 15 is 0 Å². The van der Waals surface area contributed by atoms with Crippen LogP contribution < -0.4 is 5.32 Å². The smallest absolute Gasteiger partial charge is 0.0483 e. The fourth-order valence-corrected chi connectivity index (χ4v) is 2.79. The summed E-state index contributed by atoms with van der Waals surface area (Å²) in [5.41, 5.74) is 3.67. The van der Waals surface area contributed by atoms with Gasteiger partial charge in [0, 0.05) is 5.02 Å². The summed E-state index contributed by atoms with van der Waals surface area (Å²) in [5, 5.41) is 4.25. The molecular weight excluding hydrogens is 230 g/mol. The van der Waals surface area contributed by atoms with E-state index in [9.17, 15) is 0 Å². The predicted octanol–water partition coefficient (Wildman–Crippen LogP) is 3.97. The minimum Gasteiger partial charge on any atom is -0.317 e. The molecule has 2 rings (SSSR count). The summed E-state index contributed by atoms with van der Waals surface area (Å²) in [6, 6.07) is 4.23. The van der Waals surface area contributed by atoms with Crippen molar-refractivity contribution in [1.82, 2.24) is 5.32 Å². The second-order valence-electron chi connectivity index (χ2n) is 4.92. The van der Waals surface area contributed by atoms with Crippen molar-refractivity contribution >= 4 is 17.7 Å². The summed E-state index contributed by atoms with van der Waals surface area (Å²) >= 11 is 6.29. The van der Waals surface area contributed by atoms with Gasteiger partial charge in [0.25, 0.3) is 0 Å². The summed E-state index contributed by atoms with van der Waals surface area (Å²) in [5.74, 6) is 0.702. The van der Waals surface area contributed by atoms with E-state index in [1.165, 1.54) is 29.5 Å². The Bertz CT molecular complexity index is 394. The molecule has 0 spiro atoms. The highest BCUT2D eigenvalue weighted by atomic mass is 35.5. The molecule has 0 bridgehead atoms. The molecule has 1 fully saturated rings. The lowest BCUT2D eigenvalue weighted by atomic mass is 9.96. The molecule has 17 heavy (non-hydrogen) atoms. The summed E-state index contributed by atoms with van der Waals surface area (Å²) < 4.78 is 0. The van der Waals surface area contributed by atoms with Gasteiger partial charge in [-0.2, -0.15) is 0 Å². The van der Waals surface area contributed by atoms with E-state index < -0.39 is 0 Å². The van der Waals surface area contributed by atoms with Crippen LogP contribution in [-0.2, 0) is 0 Å². The molecule has 0 unspecified atom stereocenters. The predicted molar refractivity (Wildman–Crippen MR) is 75.6 cm³/mol. The molecule has 0 atom stereocenters. The zero-order valence-corrected chi connectivity index (χ0v) is 11.3. The first kappa shape index (κ1) is 12.7. The maximum absolute atomic E-state index is 6.29. The molecule has 0 saturated carbocycles. The van der Waals surface area contributed by atoms with E-state index in [-0.39, 0.29) is 0 Å². The molecule has 2 heteroatoms. The SMILES string of the molecule is Cc1cc(C)c(/C=C/C2CCNCC2)c(Cl)c1. The molecule has 92 valence electrons. The van der Waals surface area contributed by atoms with Crippen molar-refractivity contribution in [3.63, 3.8) is 0 Å². The second-order valence-corrected chi connectivity index (χ2v) is 5.33. The third-order valence-electron chi connectivity index (χ3n) is 3.40. The lowest BCUT2D eigenvalue weighted by Gasteiger charge is -2.19. The highest BCUT2D eigenvalue weighted by Crippen LogP contribution is 2.25. The van der Waals surface area contributed by atoms with Crippen LogP contribution >= 0.6 is 11.6 Å². The van der Waals surface area contributed by atoms with Gasteiger partial charge in [0.1, 0.15) is 0 Å². The van der Waals surface area contributed by atoms with Crippen molar-refractivity contribution in [2.75, 3.05) is 13.1 Å². The fraction of sp³-hybridized carbons (Fsp3) is 0.467. The fourth-order valence-electron chi connectivity index (χ4n) is 2.41. The number of benzene rings is 1. The molecule has 1 saturated heterocycles. The largest absolute Gasteiger partial charge is 0.317 e. The summed E-state index contributed by atoms with van der Waals surface area (Å²) in [4.78, 5) is 0. The van der Waals surface area contributed by atoms with Crippen LogP contribution in [0.1, 0.15) is 29.5 Å². The van der Waals surface area contributed by atoms with Gasteiger partial charge in [0.05, 0.1) is 0 Å². The third kappa shape index (κ3) is 3.34. The number of allylic oxidation sites excluding steroid dienone is 1. The highest BCUT2D eigenvalue weighted by Gasteiger charge is 2.10. The van der Waals surface area contributed by atoms with Crippen LogP contribution in [-0.4, -0.2) is 13.1 Å². The van der Waals surface area contributed by atoms with Gasteiger partial charge in [-0.1, -0.05) is 29.8 Å². The molecule has 1 aliphatic rings. The Morgan fingerprint density at radius 1 is 1.24 bits per heavy atom. The number of hydrogen-bond donors (Lipinski definition) is 1. The van der Waals surface area contributed by atoms with Gasteiger partial charge < -0.3 is 5.32 Å². The zero-order chi connectivity index (χ0) is 12.3. The lowest BCUT2D eigenvalue weighted by molar-refractivity contribution is 0.438. The lowest BCUT2D eigenvalue weighted by Crippen LogP contribution is -2.26. The van der Waals surface area contributed by atoms with Crippen LogP contribution in [0.15, 0.2) is 18.2 Å². The quantitative estimate of drug-likeness (QED) is 0.836. The van der Waals surface area contributed by atoms with Gasteiger partial charge in [-0.15, -0.1) is 0 Å². The van der Waals surface area contributed by atoms with Gasteiger partial charge in [-0.3, -0.25) is 0 Å². The average Bonchev–Trinajstić information content (AvgIpc) is 2.29. The van der Waals surface area contributed by atoms with Crippen LogP contribution in [0.4, 0.5) is 0 Å². The van der Waals surface area contributed by atoms with E-state index in [0.29, 0.717) is 5.92 Å². The van der Waals surface area contributed by atoms with Crippen LogP contribution in [0.2, 0.25) is 5.02 Å². The Morgan fingerprint density at radius 3 is 2.59 bits per heavy atom. The van der Waals surface area contributed by atoms with E-state index in [1.807, 2.05) is 6.07 Å². The molecule has 1 N–H and O–H groups in total. The Kier molecular flexibility index (Phi) is 4.25. The van der Waals surface area contributed by atoms with Crippen molar-refractivity contribution in [3.05, 3.63) is 39.9 Å². The minimum atomic E-state index is 0.702. The van der Waals surface area contributed by atoms with Crippen molar-refractivity contribution in [2.24, 2.45) is 5.92 Å².